The fraction of sp³-hybridized carbons (Fsp3) is 0.579. The molecule has 1 heterocycles. The Morgan fingerprint density at radius 3 is 1.60 bits per heavy atom. The first kappa shape index (κ1) is 37.4. The van der Waals surface area contributed by atoms with Crippen molar-refractivity contribution >= 4 is 33.7 Å². The van der Waals surface area contributed by atoms with Crippen molar-refractivity contribution in [2.45, 2.75) is 92.1 Å². The summed E-state index contributed by atoms with van der Waals surface area (Å²) in [7, 11) is 0. The van der Waals surface area contributed by atoms with Crippen LogP contribution in [0.2, 0.25) is 0 Å². The van der Waals surface area contributed by atoms with Crippen molar-refractivity contribution in [3.8, 4) is 0 Å². The van der Waals surface area contributed by atoms with E-state index in [1.165, 1.54) is 27.1 Å². The van der Waals surface area contributed by atoms with E-state index < -0.39 is 35.4 Å². The molecule has 1 N–H and O–H groups in total. The number of aliphatic hydroxyl groups is 1. The Morgan fingerprint density at radius 1 is 0.646 bits per heavy atom. The Hall–Kier alpha value is -3.44. The lowest BCUT2D eigenvalue weighted by Gasteiger charge is -2.37. The van der Waals surface area contributed by atoms with Crippen molar-refractivity contribution in [3.05, 3.63) is 60.2 Å². The molecule has 1 fully saturated rings. The molecule has 10 heteroatoms. The molecule has 0 radical (unpaired) electrons. The lowest BCUT2D eigenvalue weighted by molar-refractivity contribution is -0.239. The average molecular weight is 665 g/mol. The van der Waals surface area contributed by atoms with Crippen LogP contribution in [0.5, 0.6) is 0 Å². The number of hydrogen-bond acceptors (Lipinski definition) is 8. The topological polar surface area (TPSA) is 95.0 Å². The van der Waals surface area contributed by atoms with Gasteiger partial charge in [-0.2, -0.15) is 0 Å². The van der Waals surface area contributed by atoms with Gasteiger partial charge in [-0.05, 0) is 95.5 Å². The van der Waals surface area contributed by atoms with Crippen LogP contribution in [-0.4, -0.2) is 112 Å². The standard InChI is InChI=1S/C38H56N4O6/c1-36(2,3)46-33(43)40-20-18-39(27-29-26-28-14-10-11-15-30(28)32-17-13-12-16-31(29)32)19-21-41(34(44)47-37(4,5)6)23-25-42(24-22-40)35(45)48-38(7,8)9/h10-17,26,35,45H,18-25,27H2,1-9H3. The summed E-state index contributed by atoms with van der Waals surface area (Å²) in [4.78, 5) is 34.5. The minimum atomic E-state index is -1.23. The molecule has 4 rings (SSSR count). The zero-order valence-corrected chi connectivity index (χ0v) is 30.4. The smallest absolute Gasteiger partial charge is 0.410 e. The molecule has 0 aromatic heterocycles. The van der Waals surface area contributed by atoms with E-state index in [0.717, 1.165) is 0 Å². The highest BCUT2D eigenvalue weighted by Crippen LogP contribution is 2.29. The van der Waals surface area contributed by atoms with Gasteiger partial charge in [0.2, 0.25) is 6.41 Å². The monoisotopic (exact) mass is 664 g/mol. The quantitative estimate of drug-likeness (QED) is 0.244. The lowest BCUT2D eigenvalue weighted by Crippen LogP contribution is -2.52. The summed E-state index contributed by atoms with van der Waals surface area (Å²) in [5, 5.41) is 15.9. The van der Waals surface area contributed by atoms with E-state index in [4.69, 9.17) is 14.2 Å². The average Bonchev–Trinajstić information content (AvgIpc) is 2.96. The van der Waals surface area contributed by atoms with Crippen molar-refractivity contribution < 1.29 is 28.9 Å². The fourth-order valence-corrected chi connectivity index (χ4v) is 5.76. The maximum Gasteiger partial charge on any atom is 0.410 e. The Bertz CT molecular complexity index is 1500. The normalized spacial score (nSPS) is 17.5. The molecule has 3 aromatic carbocycles. The number of carbonyl (C=O) groups is 2. The van der Waals surface area contributed by atoms with Crippen LogP contribution in [0, 0.1) is 0 Å². The predicted molar refractivity (Wildman–Crippen MR) is 191 cm³/mol. The van der Waals surface area contributed by atoms with Gasteiger partial charge in [0.1, 0.15) is 11.2 Å². The van der Waals surface area contributed by atoms with Gasteiger partial charge >= 0.3 is 12.2 Å². The number of aliphatic hydroxyl groups excluding tert-OH is 1. The summed E-state index contributed by atoms with van der Waals surface area (Å²) < 4.78 is 17.5. The van der Waals surface area contributed by atoms with Crippen LogP contribution >= 0.6 is 0 Å². The van der Waals surface area contributed by atoms with E-state index in [9.17, 15) is 14.7 Å². The van der Waals surface area contributed by atoms with E-state index >= 15 is 0 Å². The number of amides is 2. The lowest BCUT2D eigenvalue weighted by atomic mass is 9.97. The molecule has 1 unspecified atom stereocenters. The van der Waals surface area contributed by atoms with Gasteiger partial charge < -0.3 is 29.1 Å². The molecular formula is C38H56N4O6. The largest absolute Gasteiger partial charge is 0.444 e. The van der Waals surface area contributed by atoms with Gasteiger partial charge in [-0.15, -0.1) is 0 Å². The number of carbonyl (C=O) groups excluding carboxylic acids is 2. The maximum absolute atomic E-state index is 13.5. The fourth-order valence-electron chi connectivity index (χ4n) is 5.76. The summed E-state index contributed by atoms with van der Waals surface area (Å²) in [6.07, 6.45) is -2.04. The molecule has 1 saturated heterocycles. The van der Waals surface area contributed by atoms with Crippen LogP contribution in [0.4, 0.5) is 9.59 Å². The SMILES string of the molecule is CC(C)(C)OC(=O)N1CCN(Cc2cc3ccccc3c3ccccc23)CCN(C(=O)OC(C)(C)C)CCN(C(O)OC(C)(C)C)CC1. The first-order chi connectivity index (χ1) is 22.4. The zero-order chi connectivity index (χ0) is 35.3. The number of hydrogen-bond donors (Lipinski definition) is 1. The van der Waals surface area contributed by atoms with Crippen LogP contribution in [0.25, 0.3) is 21.5 Å². The summed E-state index contributed by atoms with van der Waals surface area (Å²) in [5.41, 5.74) is -0.746. The van der Waals surface area contributed by atoms with Crippen molar-refractivity contribution in [2.24, 2.45) is 0 Å². The molecular weight excluding hydrogens is 608 g/mol. The van der Waals surface area contributed by atoms with Crippen LogP contribution in [0.15, 0.2) is 54.6 Å². The number of benzene rings is 3. The van der Waals surface area contributed by atoms with E-state index in [-0.39, 0.29) is 0 Å². The van der Waals surface area contributed by atoms with Gasteiger partial charge in [0.25, 0.3) is 0 Å². The van der Waals surface area contributed by atoms with Gasteiger partial charge in [0.05, 0.1) is 5.60 Å². The van der Waals surface area contributed by atoms with Crippen LogP contribution < -0.4 is 0 Å². The third kappa shape index (κ3) is 11.1. The number of nitrogens with zero attached hydrogens (tertiary/aromatic N) is 4. The highest BCUT2D eigenvalue weighted by Gasteiger charge is 2.30. The summed E-state index contributed by atoms with van der Waals surface area (Å²) in [6.45, 7) is 20.5. The highest BCUT2D eigenvalue weighted by atomic mass is 16.6. The molecule has 0 bridgehead atoms. The third-order valence-electron chi connectivity index (χ3n) is 8.01. The Balaban J connectivity index is 1.68. The molecule has 0 spiro atoms. The van der Waals surface area contributed by atoms with Crippen molar-refractivity contribution in [3.63, 3.8) is 0 Å². The minimum absolute atomic E-state index is 0.304. The van der Waals surface area contributed by atoms with Crippen molar-refractivity contribution in [2.75, 3.05) is 52.4 Å². The molecule has 1 atom stereocenters. The Labute approximate surface area is 286 Å². The highest BCUT2D eigenvalue weighted by molar-refractivity contribution is 6.08. The van der Waals surface area contributed by atoms with E-state index in [1.807, 2.05) is 62.3 Å². The van der Waals surface area contributed by atoms with Crippen molar-refractivity contribution in [1.29, 1.82) is 0 Å². The summed E-state index contributed by atoms with van der Waals surface area (Å²) in [6, 6.07) is 19.1. The van der Waals surface area contributed by atoms with E-state index in [0.29, 0.717) is 58.9 Å². The molecule has 1 aliphatic rings. The van der Waals surface area contributed by atoms with Gasteiger partial charge in [0.15, 0.2) is 0 Å². The summed E-state index contributed by atoms with van der Waals surface area (Å²) >= 11 is 0. The molecule has 0 saturated carbocycles. The van der Waals surface area contributed by atoms with E-state index in [1.54, 1.807) is 14.7 Å². The van der Waals surface area contributed by atoms with Crippen LogP contribution in [0.1, 0.15) is 67.9 Å². The van der Waals surface area contributed by atoms with Gasteiger partial charge in [-0.1, -0.05) is 48.5 Å². The minimum Gasteiger partial charge on any atom is -0.444 e. The van der Waals surface area contributed by atoms with Gasteiger partial charge in [-0.25, -0.2) is 9.59 Å². The molecule has 10 nitrogen and oxygen atoms in total. The maximum atomic E-state index is 13.5. The van der Waals surface area contributed by atoms with Gasteiger partial charge in [0, 0.05) is 58.9 Å². The second-order valence-corrected chi connectivity index (χ2v) is 15.6. The Morgan fingerprint density at radius 2 is 1.10 bits per heavy atom. The number of fused-ring (bicyclic) bond motifs is 3. The van der Waals surface area contributed by atoms with Gasteiger partial charge in [-0.3, -0.25) is 9.80 Å². The molecule has 2 amide bonds. The second-order valence-electron chi connectivity index (χ2n) is 15.6. The molecule has 264 valence electrons. The third-order valence-corrected chi connectivity index (χ3v) is 8.01. The van der Waals surface area contributed by atoms with Crippen LogP contribution in [0.3, 0.4) is 0 Å². The second kappa shape index (κ2) is 15.4. The first-order valence-corrected chi connectivity index (χ1v) is 17.1. The Kier molecular flexibility index (Phi) is 12.0. The molecule has 3 aromatic rings. The van der Waals surface area contributed by atoms with Crippen molar-refractivity contribution in [1.82, 2.24) is 19.6 Å². The summed E-state index contributed by atoms with van der Waals surface area (Å²) in [5.74, 6) is 0. The number of ether oxygens (including phenoxy) is 3. The molecule has 0 aliphatic carbocycles. The predicted octanol–water partition coefficient (Wildman–Crippen LogP) is 6.68. The molecule has 1 aliphatic heterocycles. The van der Waals surface area contributed by atoms with Crippen LogP contribution in [-0.2, 0) is 20.8 Å². The number of rotatable bonds is 4. The zero-order valence-electron chi connectivity index (χ0n) is 30.4. The molecule has 48 heavy (non-hydrogen) atoms. The first-order valence-electron chi connectivity index (χ1n) is 17.1. The van der Waals surface area contributed by atoms with E-state index in [2.05, 4.69) is 59.5 Å².